The van der Waals surface area contributed by atoms with Crippen LogP contribution in [0.1, 0.15) is 43.5 Å². The average molecular weight is 557 g/mol. The Balaban J connectivity index is 1.41. The molecule has 2 fully saturated rings. The van der Waals surface area contributed by atoms with Gasteiger partial charge in [-0.25, -0.2) is 22.5 Å². The van der Waals surface area contributed by atoms with Gasteiger partial charge in [-0.15, -0.1) is 10.2 Å². The van der Waals surface area contributed by atoms with E-state index in [4.69, 9.17) is 21.1 Å². The van der Waals surface area contributed by atoms with Crippen LogP contribution < -0.4 is 0 Å². The fraction of sp³-hybridized carbons (Fsp3) is 0.583. The minimum atomic E-state index is -1.27. The molecular formula is C24H28ClF3N6O4. The van der Waals surface area contributed by atoms with Gasteiger partial charge in [0.2, 0.25) is 0 Å². The molecule has 2 aromatic heterocycles. The maximum atomic E-state index is 14.5. The predicted molar refractivity (Wildman–Crippen MR) is 128 cm³/mol. The fourth-order valence-corrected chi connectivity index (χ4v) is 5.48. The Morgan fingerprint density at radius 3 is 2.58 bits per heavy atom. The molecule has 3 aromatic rings. The molecule has 0 bridgehead atoms. The third-order valence-electron chi connectivity index (χ3n) is 7.32. The summed E-state index contributed by atoms with van der Waals surface area (Å²) in [6.07, 6.45) is 1.38. The Kier molecular flexibility index (Phi) is 8.00. The Morgan fingerprint density at radius 2 is 1.84 bits per heavy atom. The van der Waals surface area contributed by atoms with Crippen molar-refractivity contribution in [3.63, 3.8) is 0 Å². The van der Waals surface area contributed by atoms with Gasteiger partial charge in [0.25, 0.3) is 0 Å². The number of alkyl halides is 1. The van der Waals surface area contributed by atoms with Gasteiger partial charge in [0.15, 0.2) is 11.6 Å². The predicted octanol–water partition coefficient (Wildman–Crippen LogP) is 2.84. The normalized spacial score (nSPS) is 30.0. The summed E-state index contributed by atoms with van der Waals surface area (Å²) >= 11 is 5.65. The number of nitrogens with zero attached hydrogens (tertiary/aromatic N) is 6. The highest BCUT2D eigenvalue weighted by Gasteiger charge is 2.47. The monoisotopic (exact) mass is 556 g/mol. The van der Waals surface area contributed by atoms with E-state index < -0.39 is 54.9 Å². The van der Waals surface area contributed by atoms with Crippen LogP contribution in [-0.2, 0) is 15.9 Å². The molecule has 1 saturated heterocycles. The summed E-state index contributed by atoms with van der Waals surface area (Å²) in [5.74, 6) is -2.39. The molecule has 0 radical (unpaired) electrons. The number of aliphatic hydroxyl groups excluding tert-OH is 2. The highest BCUT2D eigenvalue weighted by molar-refractivity contribution is 6.30. The molecule has 14 heteroatoms. The first-order valence-electron chi connectivity index (χ1n) is 12.4. The summed E-state index contributed by atoms with van der Waals surface area (Å²) in [5, 5.41) is 36.8. The molecule has 3 heterocycles. The zero-order valence-corrected chi connectivity index (χ0v) is 21.3. The van der Waals surface area contributed by atoms with Gasteiger partial charge in [-0.3, -0.25) is 0 Å². The number of aliphatic hydroxyl groups is 2. The number of methoxy groups -OCH3 is 1. The van der Waals surface area contributed by atoms with Crippen molar-refractivity contribution >= 4 is 11.6 Å². The second kappa shape index (κ2) is 11.3. The number of benzene rings is 1. The van der Waals surface area contributed by atoms with E-state index in [9.17, 15) is 23.4 Å². The molecule has 1 aromatic carbocycles. The number of rotatable bonds is 7. The average Bonchev–Trinajstić information content (AvgIpc) is 3.58. The molecule has 2 aliphatic rings. The van der Waals surface area contributed by atoms with Gasteiger partial charge in [0.05, 0.1) is 35.7 Å². The van der Waals surface area contributed by atoms with Crippen LogP contribution in [-0.4, -0.2) is 84.5 Å². The van der Waals surface area contributed by atoms with Crippen LogP contribution in [0.5, 0.6) is 0 Å². The van der Waals surface area contributed by atoms with E-state index in [1.165, 1.54) is 30.1 Å². The molecule has 0 unspecified atom stereocenters. The number of ether oxygens (including phenoxy) is 2. The van der Waals surface area contributed by atoms with Gasteiger partial charge in [-0.2, -0.15) is 0 Å². The minimum absolute atomic E-state index is 0.0138. The number of halogens is 4. The van der Waals surface area contributed by atoms with Gasteiger partial charge in [0.1, 0.15) is 36.2 Å². The zero-order chi connectivity index (χ0) is 27.0. The van der Waals surface area contributed by atoms with Crippen LogP contribution in [0.4, 0.5) is 13.2 Å². The zero-order valence-electron chi connectivity index (χ0n) is 20.5. The molecule has 0 amide bonds. The summed E-state index contributed by atoms with van der Waals surface area (Å²) in [6.45, 7) is -0.499. The SMILES string of the molecule is CO[C@@H]1[C@@H](n2cc(-c3ccc(Cl)c(F)c3F)nn2)[C@@H](O)[C@@H](CO)O[C@@H]1Cc1cn([C@H]2CCCC[C@H]2F)nn1. The minimum Gasteiger partial charge on any atom is -0.394 e. The van der Waals surface area contributed by atoms with Gasteiger partial charge in [-0.1, -0.05) is 34.9 Å². The topological polar surface area (TPSA) is 120 Å². The van der Waals surface area contributed by atoms with E-state index in [0.717, 1.165) is 12.8 Å². The maximum Gasteiger partial charge on any atom is 0.178 e. The van der Waals surface area contributed by atoms with Crippen molar-refractivity contribution in [2.45, 2.75) is 74.8 Å². The molecule has 1 aliphatic carbocycles. The van der Waals surface area contributed by atoms with E-state index in [2.05, 4.69) is 20.6 Å². The smallest absolute Gasteiger partial charge is 0.178 e. The molecule has 2 N–H and O–H groups in total. The van der Waals surface area contributed by atoms with Crippen LogP contribution in [0.15, 0.2) is 24.5 Å². The number of aromatic nitrogens is 6. The standard InChI is InChI=1S/C24H28ClF3N6O4/c1-37-24-18(8-12-9-33(31-29-12)17-5-3-2-4-15(17)26)38-19(11-35)23(36)22(24)34-10-16(30-32-34)13-6-7-14(25)21(28)20(13)27/h6-7,9-10,15,17-19,22-24,35-36H,2-5,8,11H2,1H3/t15-,17+,18-,19-,22+,23+,24+/m1/s1. The number of hydrogen-bond acceptors (Lipinski definition) is 8. The van der Waals surface area contributed by atoms with Gasteiger partial charge in [-0.05, 0) is 25.0 Å². The Labute approximate surface area is 221 Å². The van der Waals surface area contributed by atoms with E-state index in [1.54, 1.807) is 10.9 Å². The first kappa shape index (κ1) is 27.0. The molecule has 1 saturated carbocycles. The molecule has 1 aliphatic heterocycles. The summed E-state index contributed by atoms with van der Waals surface area (Å²) in [4.78, 5) is 0. The van der Waals surface area contributed by atoms with E-state index >= 15 is 0 Å². The largest absolute Gasteiger partial charge is 0.394 e. The second-order valence-electron chi connectivity index (χ2n) is 9.65. The third-order valence-corrected chi connectivity index (χ3v) is 7.61. The maximum absolute atomic E-state index is 14.5. The van der Waals surface area contributed by atoms with Crippen LogP contribution >= 0.6 is 11.6 Å². The molecule has 206 valence electrons. The lowest BCUT2D eigenvalue weighted by atomic mass is 9.90. The molecule has 0 spiro atoms. The second-order valence-corrected chi connectivity index (χ2v) is 10.1. The molecular weight excluding hydrogens is 529 g/mol. The third kappa shape index (κ3) is 5.05. The first-order chi connectivity index (χ1) is 18.3. The molecule has 10 nitrogen and oxygen atoms in total. The van der Waals surface area contributed by atoms with Crippen molar-refractivity contribution in [3.8, 4) is 11.3 Å². The highest BCUT2D eigenvalue weighted by Crippen LogP contribution is 2.35. The van der Waals surface area contributed by atoms with Crippen molar-refractivity contribution in [1.29, 1.82) is 0 Å². The van der Waals surface area contributed by atoms with E-state index in [1.807, 2.05) is 0 Å². The van der Waals surface area contributed by atoms with Gasteiger partial charge >= 0.3 is 0 Å². The number of hydrogen-bond donors (Lipinski definition) is 2. The lowest BCUT2D eigenvalue weighted by Gasteiger charge is -2.43. The fourth-order valence-electron chi connectivity index (χ4n) is 5.34. The quantitative estimate of drug-likeness (QED) is 0.426. The van der Waals surface area contributed by atoms with Crippen LogP contribution in [0.25, 0.3) is 11.3 Å². The summed E-state index contributed by atoms with van der Waals surface area (Å²) in [5.41, 5.74) is 0.383. The van der Waals surface area contributed by atoms with Crippen LogP contribution in [0.2, 0.25) is 5.02 Å². The van der Waals surface area contributed by atoms with Gasteiger partial charge in [0, 0.05) is 25.3 Å². The van der Waals surface area contributed by atoms with E-state index in [-0.39, 0.29) is 28.7 Å². The Bertz CT molecular complexity index is 1260. The molecule has 38 heavy (non-hydrogen) atoms. The van der Waals surface area contributed by atoms with Crippen LogP contribution in [0.3, 0.4) is 0 Å². The lowest BCUT2D eigenvalue weighted by Crippen LogP contribution is -2.57. The molecule has 5 rings (SSSR count). The summed E-state index contributed by atoms with van der Waals surface area (Å²) < 4.78 is 57.4. The Morgan fingerprint density at radius 1 is 1.08 bits per heavy atom. The lowest BCUT2D eigenvalue weighted by molar-refractivity contribution is -0.212. The van der Waals surface area contributed by atoms with Crippen molar-refractivity contribution in [2.75, 3.05) is 13.7 Å². The highest BCUT2D eigenvalue weighted by atomic mass is 35.5. The van der Waals surface area contributed by atoms with Crippen molar-refractivity contribution in [2.24, 2.45) is 0 Å². The van der Waals surface area contributed by atoms with Crippen molar-refractivity contribution < 1.29 is 32.9 Å². The Hall–Kier alpha value is -2.58. The first-order valence-corrected chi connectivity index (χ1v) is 12.8. The van der Waals surface area contributed by atoms with Gasteiger partial charge < -0.3 is 19.7 Å². The van der Waals surface area contributed by atoms with Crippen molar-refractivity contribution in [3.05, 3.63) is 46.9 Å². The van der Waals surface area contributed by atoms with E-state index in [0.29, 0.717) is 18.5 Å². The van der Waals surface area contributed by atoms with Crippen molar-refractivity contribution in [1.82, 2.24) is 30.0 Å². The molecule has 7 atom stereocenters. The van der Waals surface area contributed by atoms with Crippen LogP contribution in [0, 0.1) is 11.6 Å². The summed E-state index contributed by atoms with van der Waals surface area (Å²) in [7, 11) is 1.43. The summed E-state index contributed by atoms with van der Waals surface area (Å²) in [6, 6.07) is 1.21.